The average molecular weight is 616 g/mol. The van der Waals surface area contributed by atoms with Crippen molar-refractivity contribution in [3.63, 3.8) is 0 Å². The number of rotatable bonds is 6. The molecule has 10 nitrogen and oxygen atoms in total. The molecule has 2 bridgehead atoms. The fourth-order valence-corrected chi connectivity index (χ4v) is 10.2. The number of benzene rings is 1. The minimum absolute atomic E-state index is 0.0254. The lowest BCUT2D eigenvalue weighted by molar-refractivity contribution is 0.0963. The van der Waals surface area contributed by atoms with Crippen molar-refractivity contribution in [1.82, 2.24) is 19.8 Å². The molecule has 1 aromatic carbocycles. The molecule has 2 aliphatic heterocycles. The molecular formula is C30H41N5O5S2. The van der Waals surface area contributed by atoms with Crippen LogP contribution in [0.4, 0.5) is 9.80 Å². The first kappa shape index (κ1) is 30.7. The van der Waals surface area contributed by atoms with Crippen molar-refractivity contribution in [3.8, 4) is 0 Å². The van der Waals surface area contributed by atoms with Crippen LogP contribution in [0.3, 0.4) is 0 Å². The fourth-order valence-electron chi connectivity index (χ4n) is 7.20. The highest BCUT2D eigenvalue weighted by molar-refractivity contribution is 7.89. The van der Waals surface area contributed by atoms with Crippen LogP contribution in [-0.2, 0) is 23.0 Å². The van der Waals surface area contributed by atoms with Gasteiger partial charge >= 0.3 is 6.03 Å². The molecule has 0 spiro atoms. The van der Waals surface area contributed by atoms with E-state index in [9.17, 15) is 22.8 Å². The number of sulfonamides is 1. The number of thiophene rings is 1. The summed E-state index contributed by atoms with van der Waals surface area (Å²) < 4.78 is 29.0. The summed E-state index contributed by atoms with van der Waals surface area (Å²) in [6.07, 6.45) is 3.31. The second-order valence-electron chi connectivity index (χ2n) is 13.3. The normalized spacial score (nSPS) is 23.8. The number of fused-ring (bicyclic) bond motifs is 3. The first-order valence-corrected chi connectivity index (χ1v) is 16.7. The minimum atomic E-state index is -3.72. The van der Waals surface area contributed by atoms with Gasteiger partial charge in [-0.05, 0) is 80.2 Å². The van der Waals surface area contributed by atoms with Gasteiger partial charge in [0.2, 0.25) is 10.0 Å². The minimum Gasteiger partial charge on any atom is -0.341 e. The maximum Gasteiger partial charge on any atom is 0.321 e. The number of hydrogen-bond donors (Lipinski definition) is 3. The summed E-state index contributed by atoms with van der Waals surface area (Å²) in [5, 5.41) is 7.95. The van der Waals surface area contributed by atoms with E-state index in [0.29, 0.717) is 36.1 Å². The molecule has 2 aromatic rings. The summed E-state index contributed by atoms with van der Waals surface area (Å²) in [4.78, 5) is 41.8. The second kappa shape index (κ2) is 11.0. The number of anilines is 1. The Kier molecular flexibility index (Phi) is 8.06. The third kappa shape index (κ3) is 5.86. The molecule has 3 aliphatic rings. The Morgan fingerprint density at radius 3 is 2.38 bits per heavy atom. The average Bonchev–Trinajstić information content (AvgIpc) is 3.40. The molecule has 2 fully saturated rings. The largest absolute Gasteiger partial charge is 0.341 e. The van der Waals surface area contributed by atoms with Crippen LogP contribution in [0.25, 0.3) is 0 Å². The van der Waals surface area contributed by atoms with E-state index in [2.05, 4.69) is 55.5 Å². The van der Waals surface area contributed by atoms with E-state index in [1.54, 1.807) is 4.31 Å². The van der Waals surface area contributed by atoms with E-state index in [1.165, 1.54) is 42.6 Å². The summed E-state index contributed by atoms with van der Waals surface area (Å²) in [5.41, 5.74) is 1.46. The molecule has 228 valence electrons. The van der Waals surface area contributed by atoms with Crippen molar-refractivity contribution in [2.24, 2.45) is 10.8 Å². The molecule has 12 heteroatoms. The lowest BCUT2D eigenvalue weighted by atomic mass is 9.65. The standard InChI is InChI=1S/C30H41N5O5S2/c1-18(2)34-12-11-22-23(15-34)41-27(24(22)26(37)33-28(38)31-6)32-25(36)19-7-9-21(10-8-19)42(39,40)35-17-30(5)14-20(35)13-29(3,4)16-30/h7-10,18,20H,11-17H2,1-6H3,(H,32,36)(H2,31,33,37,38). The van der Waals surface area contributed by atoms with Gasteiger partial charge in [0.15, 0.2) is 0 Å². The van der Waals surface area contributed by atoms with E-state index in [-0.39, 0.29) is 27.3 Å². The van der Waals surface area contributed by atoms with E-state index >= 15 is 0 Å². The molecule has 1 aliphatic carbocycles. The van der Waals surface area contributed by atoms with E-state index < -0.39 is 27.9 Å². The first-order valence-electron chi connectivity index (χ1n) is 14.5. The van der Waals surface area contributed by atoms with Gasteiger partial charge in [0, 0.05) is 49.2 Å². The van der Waals surface area contributed by atoms with Gasteiger partial charge in [-0.3, -0.25) is 19.8 Å². The molecule has 0 radical (unpaired) electrons. The lowest BCUT2D eigenvalue weighted by Gasteiger charge is -2.39. The Hall–Kier alpha value is -2.80. The molecule has 42 heavy (non-hydrogen) atoms. The lowest BCUT2D eigenvalue weighted by Crippen LogP contribution is -2.39. The van der Waals surface area contributed by atoms with Crippen molar-refractivity contribution in [2.45, 2.75) is 83.8 Å². The Balaban J connectivity index is 1.37. The first-order chi connectivity index (χ1) is 19.6. The molecular weight excluding hydrogens is 574 g/mol. The van der Waals surface area contributed by atoms with Gasteiger partial charge in [-0.1, -0.05) is 20.8 Å². The third-order valence-electron chi connectivity index (χ3n) is 8.81. The highest BCUT2D eigenvalue weighted by atomic mass is 32.2. The summed E-state index contributed by atoms with van der Waals surface area (Å²) in [6, 6.07) is 5.66. The summed E-state index contributed by atoms with van der Waals surface area (Å²) in [7, 11) is -2.29. The number of imide groups is 1. The summed E-state index contributed by atoms with van der Waals surface area (Å²) in [5.74, 6) is -1.03. The summed E-state index contributed by atoms with van der Waals surface area (Å²) >= 11 is 1.33. The zero-order chi connectivity index (χ0) is 30.6. The van der Waals surface area contributed by atoms with E-state index in [0.717, 1.165) is 36.2 Å². The van der Waals surface area contributed by atoms with Crippen molar-refractivity contribution in [2.75, 3.05) is 25.5 Å². The Labute approximate surface area is 252 Å². The van der Waals surface area contributed by atoms with Gasteiger partial charge in [0.1, 0.15) is 5.00 Å². The van der Waals surface area contributed by atoms with Crippen LogP contribution in [0.5, 0.6) is 0 Å². The van der Waals surface area contributed by atoms with Gasteiger partial charge in [0.05, 0.1) is 10.5 Å². The fraction of sp³-hybridized carbons (Fsp3) is 0.567. The quantitative estimate of drug-likeness (QED) is 0.441. The van der Waals surface area contributed by atoms with Crippen LogP contribution < -0.4 is 16.0 Å². The SMILES string of the molecule is CNC(=O)NC(=O)c1c(NC(=O)c2ccc(S(=O)(=O)N3CC4(C)CC3CC(C)(C)C4)cc2)sc2c1CCN(C(C)C)C2. The van der Waals surface area contributed by atoms with Crippen molar-refractivity contribution in [1.29, 1.82) is 0 Å². The van der Waals surface area contributed by atoms with Crippen LogP contribution in [0.1, 0.15) is 85.0 Å². The van der Waals surface area contributed by atoms with Crippen LogP contribution in [0.15, 0.2) is 29.2 Å². The van der Waals surface area contributed by atoms with Crippen LogP contribution in [0, 0.1) is 10.8 Å². The molecule has 2 unspecified atom stereocenters. The third-order valence-corrected chi connectivity index (χ3v) is 11.9. The molecule has 3 heterocycles. The van der Waals surface area contributed by atoms with Crippen molar-refractivity contribution >= 4 is 44.2 Å². The molecule has 2 atom stereocenters. The molecule has 1 saturated heterocycles. The number of amides is 4. The molecule has 4 amide bonds. The smallest absolute Gasteiger partial charge is 0.321 e. The monoisotopic (exact) mass is 615 g/mol. The zero-order valence-corrected chi connectivity index (χ0v) is 26.8. The van der Waals surface area contributed by atoms with Crippen molar-refractivity contribution < 1.29 is 22.8 Å². The van der Waals surface area contributed by atoms with Crippen LogP contribution in [0.2, 0.25) is 0 Å². The van der Waals surface area contributed by atoms with Gasteiger partial charge in [-0.25, -0.2) is 13.2 Å². The Morgan fingerprint density at radius 1 is 1.05 bits per heavy atom. The van der Waals surface area contributed by atoms with E-state index in [1.807, 2.05) is 0 Å². The zero-order valence-electron chi connectivity index (χ0n) is 25.2. The number of hydrogen-bond acceptors (Lipinski definition) is 7. The highest BCUT2D eigenvalue weighted by Crippen LogP contribution is 2.53. The molecule has 5 rings (SSSR count). The number of nitrogens with one attached hydrogen (secondary N) is 3. The van der Waals surface area contributed by atoms with Gasteiger partial charge in [-0.15, -0.1) is 11.3 Å². The number of nitrogens with zero attached hydrogens (tertiary/aromatic N) is 2. The Morgan fingerprint density at radius 2 is 1.74 bits per heavy atom. The number of carbonyl (C=O) groups is 3. The molecule has 3 N–H and O–H groups in total. The maximum atomic E-state index is 13.7. The van der Waals surface area contributed by atoms with Gasteiger partial charge in [0.25, 0.3) is 11.8 Å². The van der Waals surface area contributed by atoms with Gasteiger partial charge < -0.3 is 10.6 Å². The number of urea groups is 1. The van der Waals surface area contributed by atoms with Crippen molar-refractivity contribution in [3.05, 3.63) is 45.8 Å². The predicted molar refractivity (Wildman–Crippen MR) is 163 cm³/mol. The van der Waals surface area contributed by atoms with E-state index in [4.69, 9.17) is 0 Å². The van der Waals surface area contributed by atoms with Crippen LogP contribution >= 0.6 is 11.3 Å². The molecule has 1 aromatic heterocycles. The molecule has 1 saturated carbocycles. The predicted octanol–water partition coefficient (Wildman–Crippen LogP) is 4.43. The highest BCUT2D eigenvalue weighted by Gasteiger charge is 2.53. The Bertz CT molecular complexity index is 1510. The second-order valence-corrected chi connectivity index (χ2v) is 16.3. The van der Waals surface area contributed by atoms with Gasteiger partial charge in [-0.2, -0.15) is 4.31 Å². The maximum absolute atomic E-state index is 13.7. The van der Waals surface area contributed by atoms with Crippen LogP contribution in [-0.4, -0.2) is 67.7 Å². The number of carbonyl (C=O) groups excluding carboxylic acids is 3. The topological polar surface area (TPSA) is 128 Å². The summed E-state index contributed by atoms with van der Waals surface area (Å²) in [6.45, 7) is 12.7.